The van der Waals surface area contributed by atoms with Crippen molar-refractivity contribution in [3.8, 4) is 4.97 Å². The van der Waals surface area contributed by atoms with Crippen molar-refractivity contribution in [3.63, 3.8) is 0 Å². The first-order chi connectivity index (χ1) is 4.77. The van der Waals surface area contributed by atoms with Crippen LogP contribution >= 0.6 is 0 Å². The van der Waals surface area contributed by atoms with Gasteiger partial charge in [-0.15, -0.1) is 0 Å². The fourth-order valence-corrected chi connectivity index (χ4v) is 1.44. The summed E-state index contributed by atoms with van der Waals surface area (Å²) in [7, 11) is 0. The summed E-state index contributed by atoms with van der Waals surface area (Å²) in [5, 5.41) is 9.10. The van der Waals surface area contributed by atoms with Crippen LogP contribution in [0.4, 0.5) is 0 Å². The van der Waals surface area contributed by atoms with Crippen LogP contribution in [0.25, 0.3) is 0 Å². The van der Waals surface area contributed by atoms with Crippen molar-refractivity contribution in [2.45, 2.75) is 24.6 Å². The topological polar surface area (TPSA) is 66.9 Å². The van der Waals surface area contributed by atoms with Crippen LogP contribution in [0.2, 0.25) is 5.32 Å². The van der Waals surface area contributed by atoms with Crippen molar-refractivity contribution >= 4 is 20.9 Å². The van der Waals surface area contributed by atoms with Gasteiger partial charge in [-0.2, -0.15) is 0 Å². The first-order valence-electron chi connectivity index (χ1n) is 3.06. The Morgan fingerprint density at radius 2 is 2.30 bits per heavy atom. The van der Waals surface area contributed by atoms with E-state index in [4.69, 9.17) is 11.0 Å². The van der Waals surface area contributed by atoms with Gasteiger partial charge in [0.25, 0.3) is 0 Å². The number of carbonyl (C=O) groups excluding carboxylic acids is 1. The Bertz CT molecular complexity index is 141. The van der Waals surface area contributed by atoms with E-state index in [0.717, 1.165) is 18.2 Å². The average Bonchev–Trinajstić information content (AvgIpc) is 1.87. The first-order valence-corrected chi connectivity index (χ1v) is 5.13. The Morgan fingerprint density at radius 1 is 1.60 bits per heavy atom. The number of carbonyl (C=O) groups is 1. The molecule has 0 aliphatic heterocycles. The van der Waals surface area contributed by atoms with Gasteiger partial charge in [0.1, 0.15) is 0 Å². The van der Waals surface area contributed by atoms with E-state index in [-0.39, 0.29) is 20.9 Å². The Balaban J connectivity index is 2.92. The molecule has 0 aromatic carbocycles. The van der Waals surface area contributed by atoms with Crippen LogP contribution in [-0.2, 0) is 4.79 Å². The van der Waals surface area contributed by atoms with E-state index in [2.05, 4.69) is 4.97 Å². The number of primary amides is 1. The predicted octanol–water partition coefficient (Wildman–Crippen LogP) is 0.246. The van der Waals surface area contributed by atoms with Gasteiger partial charge in [0.15, 0.2) is 0 Å². The standard InChI is InChI=1S/C6H10N2OSe/c7-5-10-4-2-1-3-6(8)9/h1-4H2,(H2,8,9). The Hall–Kier alpha value is -0.521. The van der Waals surface area contributed by atoms with Gasteiger partial charge in [-0.25, -0.2) is 0 Å². The summed E-state index contributed by atoms with van der Waals surface area (Å²) in [5.74, 6) is -0.246. The molecule has 0 saturated heterocycles. The molecule has 0 saturated carbocycles. The first kappa shape index (κ1) is 9.48. The number of hydrogen-bond acceptors (Lipinski definition) is 2. The fraction of sp³-hybridized carbons (Fsp3) is 0.667. The van der Waals surface area contributed by atoms with Crippen LogP contribution < -0.4 is 5.73 Å². The molecule has 0 aliphatic carbocycles. The quantitative estimate of drug-likeness (QED) is 0.516. The Labute approximate surface area is 66.7 Å². The van der Waals surface area contributed by atoms with Crippen LogP contribution in [0.5, 0.6) is 0 Å². The number of nitrogens with zero attached hydrogens (tertiary/aromatic N) is 1. The van der Waals surface area contributed by atoms with Gasteiger partial charge in [0, 0.05) is 0 Å². The van der Waals surface area contributed by atoms with E-state index < -0.39 is 0 Å². The molecule has 2 N–H and O–H groups in total. The summed E-state index contributed by atoms with van der Waals surface area (Å²) >= 11 is 0.109. The molecular formula is C6H10N2OSe. The molecule has 0 spiro atoms. The molecule has 56 valence electrons. The van der Waals surface area contributed by atoms with Crippen molar-refractivity contribution in [1.29, 1.82) is 5.26 Å². The number of nitrogens with two attached hydrogens (primary N) is 1. The molecule has 0 fully saturated rings. The van der Waals surface area contributed by atoms with Crippen molar-refractivity contribution in [3.05, 3.63) is 0 Å². The molecule has 10 heavy (non-hydrogen) atoms. The monoisotopic (exact) mass is 206 g/mol. The second-order valence-corrected chi connectivity index (χ2v) is 3.71. The van der Waals surface area contributed by atoms with Crippen molar-refractivity contribution in [1.82, 2.24) is 0 Å². The molecule has 0 aromatic heterocycles. The Kier molecular flexibility index (Phi) is 6.25. The Morgan fingerprint density at radius 3 is 2.80 bits per heavy atom. The van der Waals surface area contributed by atoms with Crippen molar-refractivity contribution in [2.24, 2.45) is 5.73 Å². The van der Waals surface area contributed by atoms with E-state index in [0.29, 0.717) is 6.42 Å². The molecule has 4 heteroatoms. The summed E-state index contributed by atoms with van der Waals surface area (Å²) in [6.45, 7) is 0. The number of nitriles is 1. The SMILES string of the molecule is N#C[Se]CCCCC(N)=O. The second kappa shape index (κ2) is 6.60. The van der Waals surface area contributed by atoms with Gasteiger partial charge in [0.05, 0.1) is 0 Å². The average molecular weight is 205 g/mol. The summed E-state index contributed by atoms with van der Waals surface area (Å²) < 4.78 is 0. The maximum atomic E-state index is 10.2. The molecule has 0 aromatic rings. The maximum absolute atomic E-state index is 10.2. The molecule has 3 nitrogen and oxygen atoms in total. The third kappa shape index (κ3) is 7.48. The van der Waals surface area contributed by atoms with Crippen LogP contribution in [0.1, 0.15) is 19.3 Å². The minimum atomic E-state index is -0.246. The fourth-order valence-electron chi connectivity index (χ4n) is 0.519. The van der Waals surface area contributed by atoms with E-state index in [1.807, 2.05) is 0 Å². The number of rotatable bonds is 5. The molecule has 0 bridgehead atoms. The van der Waals surface area contributed by atoms with Crippen LogP contribution in [0.15, 0.2) is 0 Å². The second-order valence-electron chi connectivity index (χ2n) is 1.86. The van der Waals surface area contributed by atoms with Gasteiger partial charge in [-0.1, -0.05) is 0 Å². The van der Waals surface area contributed by atoms with Crippen LogP contribution in [0.3, 0.4) is 0 Å². The van der Waals surface area contributed by atoms with Crippen molar-refractivity contribution in [2.75, 3.05) is 0 Å². The normalized spacial score (nSPS) is 8.70. The molecule has 0 heterocycles. The summed E-state index contributed by atoms with van der Waals surface area (Å²) in [6.07, 6.45) is 2.25. The van der Waals surface area contributed by atoms with Crippen molar-refractivity contribution < 1.29 is 4.79 Å². The summed E-state index contributed by atoms with van der Waals surface area (Å²) in [6, 6.07) is 0. The molecule has 1 amide bonds. The molecular weight excluding hydrogens is 195 g/mol. The molecule has 0 atom stereocenters. The van der Waals surface area contributed by atoms with E-state index in [1.54, 1.807) is 0 Å². The zero-order chi connectivity index (χ0) is 7.82. The summed E-state index contributed by atoms with van der Waals surface area (Å²) in [4.78, 5) is 12.3. The third-order valence-corrected chi connectivity index (χ3v) is 2.29. The van der Waals surface area contributed by atoms with Crippen LogP contribution in [0, 0.1) is 10.2 Å². The zero-order valence-electron chi connectivity index (χ0n) is 5.67. The minimum absolute atomic E-state index is 0.109. The van der Waals surface area contributed by atoms with Gasteiger partial charge >= 0.3 is 66.2 Å². The van der Waals surface area contributed by atoms with Crippen LogP contribution in [-0.4, -0.2) is 20.9 Å². The van der Waals surface area contributed by atoms with Gasteiger partial charge < -0.3 is 0 Å². The number of amides is 1. The van der Waals surface area contributed by atoms with Gasteiger partial charge in [0.2, 0.25) is 0 Å². The van der Waals surface area contributed by atoms with Gasteiger partial charge in [-0.05, 0) is 0 Å². The third-order valence-electron chi connectivity index (χ3n) is 0.984. The van der Waals surface area contributed by atoms with Gasteiger partial charge in [-0.3, -0.25) is 0 Å². The zero-order valence-corrected chi connectivity index (χ0v) is 7.38. The molecule has 0 unspecified atom stereocenters. The van der Waals surface area contributed by atoms with E-state index in [1.165, 1.54) is 0 Å². The number of unbranched alkanes of at least 4 members (excludes halogenated alkanes) is 1. The molecule has 0 rings (SSSR count). The molecule has 0 radical (unpaired) electrons. The van der Waals surface area contributed by atoms with E-state index >= 15 is 0 Å². The molecule has 0 aliphatic rings. The summed E-state index contributed by atoms with van der Waals surface area (Å²) in [5.41, 5.74) is 4.91. The number of hydrogen-bond donors (Lipinski definition) is 1. The van der Waals surface area contributed by atoms with E-state index in [9.17, 15) is 4.79 Å². The predicted molar refractivity (Wildman–Crippen MR) is 39.2 cm³/mol.